The number of nitrogens with one attached hydrogen (secondary N) is 2. The second kappa shape index (κ2) is 6.59. The number of aromatic amines is 1. The highest BCUT2D eigenvalue weighted by Gasteiger charge is 2.34. The molecule has 0 radical (unpaired) electrons. The zero-order valence-electron chi connectivity index (χ0n) is 13.7. The maximum absolute atomic E-state index is 11.6. The molecule has 2 heterocycles. The summed E-state index contributed by atoms with van der Waals surface area (Å²) in [6, 6.07) is 7.58. The molecular formula is C19H24N2O2. The van der Waals surface area contributed by atoms with Crippen LogP contribution in [0.1, 0.15) is 50.4 Å². The third-order valence-corrected chi connectivity index (χ3v) is 4.68. The van der Waals surface area contributed by atoms with Crippen LogP contribution in [-0.4, -0.2) is 22.1 Å². The van der Waals surface area contributed by atoms with E-state index < -0.39 is 12.0 Å². The molecule has 4 heteroatoms. The molecule has 0 spiro atoms. The zero-order chi connectivity index (χ0) is 16.4. The van der Waals surface area contributed by atoms with Crippen LogP contribution in [-0.2, 0) is 11.2 Å². The van der Waals surface area contributed by atoms with E-state index in [1.165, 1.54) is 5.57 Å². The maximum Gasteiger partial charge on any atom is 0.321 e. The monoisotopic (exact) mass is 312 g/mol. The van der Waals surface area contributed by atoms with Crippen LogP contribution in [0.2, 0.25) is 0 Å². The molecule has 0 bridgehead atoms. The smallest absolute Gasteiger partial charge is 0.321 e. The lowest BCUT2D eigenvalue weighted by atomic mass is 9.89. The number of H-pyrrole nitrogens is 1. The Kier molecular flexibility index (Phi) is 4.53. The summed E-state index contributed by atoms with van der Waals surface area (Å²) in [5.41, 5.74) is 4.63. The molecule has 1 aromatic heterocycles. The van der Waals surface area contributed by atoms with Gasteiger partial charge in [0.15, 0.2) is 0 Å². The summed E-state index contributed by atoms with van der Waals surface area (Å²) >= 11 is 0. The fourth-order valence-electron chi connectivity index (χ4n) is 3.48. The first-order chi connectivity index (χ1) is 11.2. The average Bonchev–Trinajstić information content (AvgIpc) is 2.94. The van der Waals surface area contributed by atoms with Gasteiger partial charge in [0, 0.05) is 23.0 Å². The summed E-state index contributed by atoms with van der Waals surface area (Å²) in [6.45, 7) is 4.29. The third-order valence-electron chi connectivity index (χ3n) is 4.68. The average molecular weight is 312 g/mol. The standard InChI is InChI=1S/C19H24N2O2/c1-3-5-8-12(4-2)17-18-14(11-16(21-17)19(22)23)13-9-6-7-10-15(13)20-18/h6-10,16-17,20-21H,3-5,11H2,1-2H3,(H,22,23)/b12-8+/t16-,17+/m1/s1. The van der Waals surface area contributed by atoms with Crippen molar-refractivity contribution in [2.45, 2.75) is 51.6 Å². The normalized spacial score (nSPS) is 21.4. The van der Waals surface area contributed by atoms with Crippen molar-refractivity contribution in [3.05, 3.63) is 47.2 Å². The van der Waals surface area contributed by atoms with E-state index in [2.05, 4.69) is 42.4 Å². The lowest BCUT2D eigenvalue weighted by molar-refractivity contribution is -0.139. The summed E-state index contributed by atoms with van der Waals surface area (Å²) in [7, 11) is 0. The molecular weight excluding hydrogens is 288 g/mol. The number of benzene rings is 1. The van der Waals surface area contributed by atoms with Gasteiger partial charge in [0.2, 0.25) is 0 Å². The molecule has 4 nitrogen and oxygen atoms in total. The molecule has 0 saturated carbocycles. The van der Waals surface area contributed by atoms with Gasteiger partial charge in [-0.3, -0.25) is 10.1 Å². The summed E-state index contributed by atoms with van der Waals surface area (Å²) < 4.78 is 0. The fraction of sp³-hybridized carbons (Fsp3) is 0.421. The maximum atomic E-state index is 11.6. The number of fused-ring (bicyclic) bond motifs is 3. The van der Waals surface area contributed by atoms with E-state index in [1.807, 2.05) is 12.1 Å². The number of allylic oxidation sites excluding steroid dienone is 1. The molecule has 0 unspecified atom stereocenters. The van der Waals surface area contributed by atoms with Crippen LogP contribution in [0, 0.1) is 0 Å². The van der Waals surface area contributed by atoms with Crippen LogP contribution >= 0.6 is 0 Å². The van der Waals surface area contributed by atoms with E-state index in [0.29, 0.717) is 6.42 Å². The molecule has 3 rings (SSSR count). The van der Waals surface area contributed by atoms with Crippen LogP contribution in [0.4, 0.5) is 0 Å². The van der Waals surface area contributed by atoms with Gasteiger partial charge in [0.1, 0.15) is 6.04 Å². The summed E-state index contributed by atoms with van der Waals surface area (Å²) in [5.74, 6) is -0.781. The summed E-state index contributed by atoms with van der Waals surface area (Å²) in [4.78, 5) is 15.1. The largest absolute Gasteiger partial charge is 0.480 e. The molecule has 2 atom stereocenters. The van der Waals surface area contributed by atoms with Gasteiger partial charge in [-0.1, -0.05) is 50.1 Å². The number of hydrogen-bond acceptors (Lipinski definition) is 2. The number of carbonyl (C=O) groups is 1. The molecule has 1 aromatic carbocycles. The Bertz CT molecular complexity index is 745. The molecule has 0 fully saturated rings. The fourth-order valence-corrected chi connectivity index (χ4v) is 3.48. The number of carboxylic acid groups (broad SMARTS) is 1. The first kappa shape index (κ1) is 15.8. The Balaban J connectivity index is 2.11. The van der Waals surface area contributed by atoms with Crippen molar-refractivity contribution in [3.63, 3.8) is 0 Å². The van der Waals surface area contributed by atoms with Crippen molar-refractivity contribution in [1.29, 1.82) is 0 Å². The molecule has 23 heavy (non-hydrogen) atoms. The van der Waals surface area contributed by atoms with Crippen LogP contribution in [0.5, 0.6) is 0 Å². The van der Waals surface area contributed by atoms with Gasteiger partial charge in [-0.15, -0.1) is 0 Å². The van der Waals surface area contributed by atoms with Gasteiger partial charge in [0.25, 0.3) is 0 Å². The Morgan fingerprint density at radius 2 is 2.13 bits per heavy atom. The first-order valence-corrected chi connectivity index (χ1v) is 8.42. The number of unbranched alkanes of at least 4 members (excludes halogenated alkanes) is 1. The Hall–Kier alpha value is -2.07. The van der Waals surface area contributed by atoms with Crippen molar-refractivity contribution in [3.8, 4) is 0 Å². The molecule has 0 amide bonds. The van der Waals surface area contributed by atoms with Gasteiger partial charge in [-0.05, 0) is 24.5 Å². The lowest BCUT2D eigenvalue weighted by Crippen LogP contribution is -2.45. The minimum atomic E-state index is -0.781. The molecule has 0 saturated heterocycles. The van der Waals surface area contributed by atoms with Gasteiger partial charge in [-0.2, -0.15) is 0 Å². The quantitative estimate of drug-likeness (QED) is 0.733. The van der Waals surface area contributed by atoms with E-state index in [-0.39, 0.29) is 6.04 Å². The van der Waals surface area contributed by atoms with Crippen molar-refractivity contribution in [2.75, 3.05) is 0 Å². The number of aromatic nitrogens is 1. The van der Waals surface area contributed by atoms with Crippen LogP contribution in [0.25, 0.3) is 10.9 Å². The molecule has 3 N–H and O–H groups in total. The van der Waals surface area contributed by atoms with Crippen molar-refractivity contribution in [1.82, 2.24) is 10.3 Å². The van der Waals surface area contributed by atoms with Crippen molar-refractivity contribution >= 4 is 16.9 Å². The van der Waals surface area contributed by atoms with E-state index in [4.69, 9.17) is 0 Å². The van der Waals surface area contributed by atoms with Crippen LogP contribution in [0.15, 0.2) is 35.9 Å². The van der Waals surface area contributed by atoms with E-state index in [9.17, 15) is 9.90 Å². The van der Waals surface area contributed by atoms with Crippen molar-refractivity contribution in [2.24, 2.45) is 0 Å². The van der Waals surface area contributed by atoms with Gasteiger partial charge in [0.05, 0.1) is 6.04 Å². The molecule has 1 aliphatic rings. The predicted octanol–water partition coefficient (Wildman–Crippen LogP) is 3.94. The summed E-state index contributed by atoms with van der Waals surface area (Å²) in [5, 5.41) is 14.0. The first-order valence-electron chi connectivity index (χ1n) is 8.42. The second-order valence-electron chi connectivity index (χ2n) is 6.18. The minimum absolute atomic E-state index is 0.0381. The van der Waals surface area contributed by atoms with Crippen molar-refractivity contribution < 1.29 is 9.90 Å². The molecule has 0 aliphatic carbocycles. The third kappa shape index (κ3) is 2.91. The van der Waals surface area contributed by atoms with E-state index in [0.717, 1.165) is 41.4 Å². The number of rotatable bonds is 5. The highest BCUT2D eigenvalue weighted by Crippen LogP contribution is 2.36. The minimum Gasteiger partial charge on any atom is -0.480 e. The molecule has 1 aliphatic heterocycles. The summed E-state index contributed by atoms with van der Waals surface area (Å²) in [6.07, 6.45) is 5.82. The number of aliphatic carboxylic acids is 1. The van der Waals surface area contributed by atoms with E-state index >= 15 is 0 Å². The SMILES string of the molecule is CCC/C=C(\CC)[C@@H]1N[C@@H](C(=O)O)Cc2c1[nH]c1ccccc21. The Labute approximate surface area is 136 Å². The van der Waals surface area contributed by atoms with Crippen LogP contribution in [0.3, 0.4) is 0 Å². The van der Waals surface area contributed by atoms with Crippen LogP contribution < -0.4 is 5.32 Å². The van der Waals surface area contributed by atoms with Gasteiger partial charge in [-0.25, -0.2) is 0 Å². The lowest BCUT2D eigenvalue weighted by Gasteiger charge is -2.31. The Morgan fingerprint density at radius 1 is 1.35 bits per heavy atom. The Morgan fingerprint density at radius 3 is 2.83 bits per heavy atom. The molecule has 122 valence electrons. The number of hydrogen-bond donors (Lipinski definition) is 3. The highest BCUT2D eigenvalue weighted by atomic mass is 16.4. The van der Waals surface area contributed by atoms with Gasteiger partial charge >= 0.3 is 5.97 Å². The molecule has 2 aromatic rings. The van der Waals surface area contributed by atoms with E-state index in [1.54, 1.807) is 0 Å². The number of carboxylic acids is 1. The topological polar surface area (TPSA) is 65.1 Å². The second-order valence-corrected chi connectivity index (χ2v) is 6.18. The predicted molar refractivity (Wildman–Crippen MR) is 92.6 cm³/mol. The number of para-hydroxylation sites is 1. The zero-order valence-corrected chi connectivity index (χ0v) is 13.7. The van der Waals surface area contributed by atoms with Gasteiger partial charge < -0.3 is 10.1 Å². The highest BCUT2D eigenvalue weighted by molar-refractivity contribution is 5.87.